The molecule has 0 aliphatic rings. The SMILES string of the molecule is CCCS(=O)(=O)c1ccccc1N(C)C(C)CO. The molecule has 0 bridgehead atoms. The lowest BCUT2D eigenvalue weighted by Crippen LogP contribution is -2.33. The molecule has 1 atom stereocenters. The number of aliphatic hydroxyl groups is 1. The van der Waals surface area contributed by atoms with Gasteiger partial charge in [0.25, 0.3) is 0 Å². The lowest BCUT2D eigenvalue weighted by atomic mass is 10.2. The number of para-hydroxylation sites is 1. The van der Waals surface area contributed by atoms with Crippen molar-refractivity contribution in [2.45, 2.75) is 31.2 Å². The number of rotatable bonds is 6. The molecular formula is C13H21NO3S. The minimum Gasteiger partial charge on any atom is -0.394 e. The predicted octanol–water partition coefficient (Wildman–Crippen LogP) is 1.69. The Kier molecular flexibility index (Phi) is 5.16. The Hall–Kier alpha value is -1.07. The van der Waals surface area contributed by atoms with Gasteiger partial charge in [-0.05, 0) is 25.5 Å². The quantitative estimate of drug-likeness (QED) is 0.855. The van der Waals surface area contributed by atoms with Crippen molar-refractivity contribution >= 4 is 15.5 Å². The highest BCUT2D eigenvalue weighted by Gasteiger charge is 2.21. The molecule has 0 saturated heterocycles. The van der Waals surface area contributed by atoms with Crippen molar-refractivity contribution in [3.05, 3.63) is 24.3 Å². The van der Waals surface area contributed by atoms with E-state index < -0.39 is 9.84 Å². The number of likely N-dealkylation sites (N-methyl/N-ethyl adjacent to an activating group) is 1. The summed E-state index contributed by atoms with van der Waals surface area (Å²) >= 11 is 0. The maximum Gasteiger partial charge on any atom is 0.180 e. The molecule has 0 saturated carbocycles. The van der Waals surface area contributed by atoms with Crippen LogP contribution >= 0.6 is 0 Å². The second-order valence-electron chi connectivity index (χ2n) is 4.43. The average molecular weight is 271 g/mol. The van der Waals surface area contributed by atoms with Crippen LogP contribution in [0.25, 0.3) is 0 Å². The lowest BCUT2D eigenvalue weighted by Gasteiger charge is -2.27. The van der Waals surface area contributed by atoms with Crippen LogP contribution in [0.2, 0.25) is 0 Å². The highest BCUT2D eigenvalue weighted by Crippen LogP contribution is 2.26. The molecule has 0 fully saturated rings. The van der Waals surface area contributed by atoms with E-state index in [1.54, 1.807) is 36.2 Å². The molecule has 1 aromatic rings. The Bertz CT molecular complexity index is 485. The first-order valence-electron chi connectivity index (χ1n) is 6.09. The topological polar surface area (TPSA) is 57.6 Å². The van der Waals surface area contributed by atoms with Gasteiger partial charge in [-0.1, -0.05) is 19.1 Å². The van der Waals surface area contributed by atoms with Crippen molar-refractivity contribution in [1.29, 1.82) is 0 Å². The van der Waals surface area contributed by atoms with E-state index in [2.05, 4.69) is 0 Å². The standard InChI is InChI=1S/C13H21NO3S/c1-4-9-18(16,17)13-8-6-5-7-12(13)14(3)11(2)10-15/h5-8,11,15H,4,9-10H2,1-3H3. The predicted molar refractivity (Wildman–Crippen MR) is 73.7 cm³/mol. The van der Waals surface area contributed by atoms with Crippen molar-refractivity contribution in [2.75, 3.05) is 24.3 Å². The van der Waals surface area contributed by atoms with Crippen molar-refractivity contribution in [2.24, 2.45) is 0 Å². The van der Waals surface area contributed by atoms with Crippen LogP contribution in [0, 0.1) is 0 Å². The summed E-state index contributed by atoms with van der Waals surface area (Å²) in [6.45, 7) is 3.68. The van der Waals surface area contributed by atoms with E-state index in [-0.39, 0.29) is 18.4 Å². The molecule has 1 aromatic carbocycles. The molecule has 5 heteroatoms. The summed E-state index contributed by atoms with van der Waals surface area (Å²) in [4.78, 5) is 2.14. The van der Waals surface area contributed by atoms with Gasteiger partial charge >= 0.3 is 0 Å². The van der Waals surface area contributed by atoms with Crippen LogP contribution in [-0.4, -0.2) is 39.0 Å². The van der Waals surface area contributed by atoms with E-state index in [0.717, 1.165) is 0 Å². The molecule has 0 radical (unpaired) electrons. The Morgan fingerprint density at radius 3 is 2.50 bits per heavy atom. The van der Waals surface area contributed by atoms with Gasteiger partial charge in [-0.3, -0.25) is 0 Å². The van der Waals surface area contributed by atoms with Gasteiger partial charge in [-0.2, -0.15) is 0 Å². The van der Waals surface area contributed by atoms with E-state index in [1.807, 2.05) is 13.8 Å². The molecule has 4 nitrogen and oxygen atoms in total. The molecule has 0 heterocycles. The number of sulfone groups is 1. The first kappa shape index (κ1) is 15.0. The molecule has 0 amide bonds. The minimum atomic E-state index is -3.25. The minimum absolute atomic E-state index is 0.0152. The zero-order chi connectivity index (χ0) is 13.8. The summed E-state index contributed by atoms with van der Waals surface area (Å²) in [5.74, 6) is 0.144. The first-order valence-corrected chi connectivity index (χ1v) is 7.74. The van der Waals surface area contributed by atoms with Gasteiger partial charge in [0, 0.05) is 13.1 Å². The van der Waals surface area contributed by atoms with E-state index in [4.69, 9.17) is 0 Å². The van der Waals surface area contributed by atoms with Crippen molar-refractivity contribution in [3.63, 3.8) is 0 Å². The zero-order valence-corrected chi connectivity index (χ0v) is 11.9. The number of benzene rings is 1. The summed E-state index contributed by atoms with van der Waals surface area (Å²) in [6.07, 6.45) is 0.593. The summed E-state index contributed by atoms with van der Waals surface area (Å²) in [6, 6.07) is 6.81. The highest BCUT2D eigenvalue weighted by molar-refractivity contribution is 7.91. The summed E-state index contributed by atoms with van der Waals surface area (Å²) < 4.78 is 24.4. The molecule has 102 valence electrons. The lowest BCUT2D eigenvalue weighted by molar-refractivity contribution is 0.270. The van der Waals surface area contributed by atoms with Gasteiger partial charge in [-0.15, -0.1) is 0 Å². The van der Waals surface area contributed by atoms with Gasteiger partial charge in [-0.25, -0.2) is 8.42 Å². The smallest absolute Gasteiger partial charge is 0.180 e. The maximum atomic E-state index is 12.2. The third-order valence-corrected chi connectivity index (χ3v) is 4.94. The third kappa shape index (κ3) is 3.23. The van der Waals surface area contributed by atoms with E-state index >= 15 is 0 Å². The molecule has 0 aromatic heterocycles. The number of hydrogen-bond donors (Lipinski definition) is 1. The first-order chi connectivity index (χ1) is 8.44. The van der Waals surface area contributed by atoms with Crippen LogP contribution in [-0.2, 0) is 9.84 Å². The van der Waals surface area contributed by atoms with Crippen molar-refractivity contribution in [3.8, 4) is 0 Å². The number of aliphatic hydroxyl groups excluding tert-OH is 1. The second kappa shape index (κ2) is 6.20. The van der Waals surface area contributed by atoms with Gasteiger partial charge in [0.15, 0.2) is 9.84 Å². The van der Waals surface area contributed by atoms with Crippen LogP contribution < -0.4 is 4.90 Å². The number of hydrogen-bond acceptors (Lipinski definition) is 4. The summed E-state index contributed by atoms with van der Waals surface area (Å²) in [5, 5.41) is 9.17. The van der Waals surface area contributed by atoms with E-state index in [1.165, 1.54) is 0 Å². The van der Waals surface area contributed by atoms with Crippen LogP contribution in [0.5, 0.6) is 0 Å². The van der Waals surface area contributed by atoms with E-state index in [9.17, 15) is 13.5 Å². The Morgan fingerprint density at radius 2 is 1.94 bits per heavy atom. The highest BCUT2D eigenvalue weighted by atomic mass is 32.2. The Balaban J connectivity index is 3.23. The van der Waals surface area contributed by atoms with Gasteiger partial charge in [0.2, 0.25) is 0 Å². The zero-order valence-electron chi connectivity index (χ0n) is 11.1. The van der Waals surface area contributed by atoms with Gasteiger partial charge < -0.3 is 10.0 Å². The largest absolute Gasteiger partial charge is 0.394 e. The molecule has 1 unspecified atom stereocenters. The van der Waals surface area contributed by atoms with Crippen LogP contribution in [0.1, 0.15) is 20.3 Å². The number of nitrogens with zero attached hydrogens (tertiary/aromatic N) is 1. The second-order valence-corrected chi connectivity index (χ2v) is 6.51. The van der Waals surface area contributed by atoms with Gasteiger partial charge in [0.05, 0.1) is 22.9 Å². The molecule has 0 aliphatic carbocycles. The summed E-state index contributed by atoms with van der Waals surface area (Å²) in [7, 11) is -1.46. The molecule has 0 aliphatic heterocycles. The molecule has 18 heavy (non-hydrogen) atoms. The fraction of sp³-hybridized carbons (Fsp3) is 0.538. The fourth-order valence-corrected chi connectivity index (χ4v) is 3.32. The van der Waals surface area contributed by atoms with Crippen LogP contribution in [0.3, 0.4) is 0 Å². The monoisotopic (exact) mass is 271 g/mol. The molecular weight excluding hydrogens is 250 g/mol. The Morgan fingerprint density at radius 1 is 1.33 bits per heavy atom. The number of anilines is 1. The normalized spacial score (nSPS) is 13.3. The maximum absolute atomic E-state index is 12.2. The molecule has 1 rings (SSSR count). The van der Waals surface area contributed by atoms with E-state index in [0.29, 0.717) is 17.0 Å². The summed E-state index contributed by atoms with van der Waals surface area (Å²) in [5.41, 5.74) is 0.646. The van der Waals surface area contributed by atoms with Crippen molar-refractivity contribution in [1.82, 2.24) is 0 Å². The fourth-order valence-electron chi connectivity index (χ4n) is 1.75. The van der Waals surface area contributed by atoms with Crippen LogP contribution in [0.4, 0.5) is 5.69 Å². The van der Waals surface area contributed by atoms with Gasteiger partial charge in [0.1, 0.15) is 0 Å². The Labute approximate surface area is 109 Å². The third-order valence-electron chi connectivity index (χ3n) is 2.98. The van der Waals surface area contributed by atoms with Crippen molar-refractivity contribution < 1.29 is 13.5 Å². The molecule has 0 spiro atoms. The van der Waals surface area contributed by atoms with Crippen LogP contribution in [0.15, 0.2) is 29.2 Å². The molecule has 1 N–H and O–H groups in total. The average Bonchev–Trinajstić information content (AvgIpc) is 2.37.